The van der Waals surface area contributed by atoms with Gasteiger partial charge in [0.2, 0.25) is 0 Å². The summed E-state index contributed by atoms with van der Waals surface area (Å²) in [5.41, 5.74) is 0. The van der Waals surface area contributed by atoms with Gasteiger partial charge in [0.05, 0.1) is 33.9 Å². The van der Waals surface area contributed by atoms with Crippen molar-refractivity contribution in [1.82, 2.24) is 0 Å². The minimum atomic E-state index is -0.516. The van der Waals surface area contributed by atoms with E-state index in [4.69, 9.17) is 9.47 Å². The maximum Gasteiger partial charge on any atom is 0.315 e. The smallest absolute Gasteiger partial charge is 0.304 e. The Morgan fingerprint density at radius 1 is 1.00 bits per heavy atom. The Kier molecular flexibility index (Phi) is 4.89. The molecule has 0 aliphatic carbocycles. The molecule has 0 aliphatic heterocycles. The first-order valence-electron chi connectivity index (χ1n) is 5.04. The summed E-state index contributed by atoms with van der Waals surface area (Å²) in [7, 11) is 4.23. The first kappa shape index (κ1) is 12.9. The first-order valence-corrected chi connectivity index (χ1v) is 5.04. The summed E-state index contributed by atoms with van der Waals surface area (Å²) in [5.74, 6) is -0.516. The highest BCUT2D eigenvalue weighted by Gasteiger charge is 2.42. The van der Waals surface area contributed by atoms with Crippen molar-refractivity contribution in [2.45, 2.75) is 33.6 Å². The number of quaternary nitrogens is 1. The quantitative estimate of drug-likeness (QED) is 0.470. The van der Waals surface area contributed by atoms with Crippen LogP contribution in [0.3, 0.4) is 0 Å². The van der Waals surface area contributed by atoms with Crippen molar-refractivity contribution in [2.24, 2.45) is 0 Å². The monoisotopic (exact) mass is 190 g/mol. The minimum Gasteiger partial charge on any atom is -0.304 e. The van der Waals surface area contributed by atoms with E-state index >= 15 is 0 Å². The van der Waals surface area contributed by atoms with Crippen LogP contribution in [0.2, 0.25) is 0 Å². The summed E-state index contributed by atoms with van der Waals surface area (Å²) >= 11 is 0. The molecule has 0 rings (SSSR count). The molecule has 0 unspecified atom stereocenters. The largest absolute Gasteiger partial charge is 0.315 e. The molecule has 0 N–H and O–H groups in total. The van der Waals surface area contributed by atoms with Gasteiger partial charge in [0, 0.05) is 6.92 Å². The third-order valence-corrected chi connectivity index (χ3v) is 2.71. The van der Waals surface area contributed by atoms with Gasteiger partial charge in [-0.15, -0.1) is 0 Å². The van der Waals surface area contributed by atoms with Crippen molar-refractivity contribution in [2.75, 3.05) is 33.9 Å². The average Bonchev–Trinajstić information content (AvgIpc) is 2.05. The highest BCUT2D eigenvalue weighted by molar-refractivity contribution is 4.48. The second kappa shape index (κ2) is 4.94. The van der Waals surface area contributed by atoms with E-state index in [-0.39, 0.29) is 0 Å². The molecule has 0 spiro atoms. The molecule has 80 valence electrons. The van der Waals surface area contributed by atoms with Crippen molar-refractivity contribution < 1.29 is 14.0 Å². The van der Waals surface area contributed by atoms with Crippen LogP contribution in [0.5, 0.6) is 0 Å². The van der Waals surface area contributed by atoms with E-state index < -0.39 is 5.91 Å². The molecule has 0 bridgehead atoms. The van der Waals surface area contributed by atoms with E-state index in [0.29, 0.717) is 17.7 Å². The number of nitrogens with zero attached hydrogens (tertiary/aromatic N) is 1. The molecule has 3 heteroatoms. The zero-order chi connectivity index (χ0) is 10.5. The lowest BCUT2D eigenvalue weighted by molar-refractivity contribution is -0.992. The van der Waals surface area contributed by atoms with Crippen LogP contribution in [-0.2, 0) is 9.47 Å². The first-order chi connectivity index (χ1) is 5.93. The summed E-state index contributed by atoms with van der Waals surface area (Å²) < 4.78 is 12.1. The molecule has 13 heavy (non-hydrogen) atoms. The molecule has 0 atom stereocenters. The number of hydrogen-bond acceptors (Lipinski definition) is 2. The Morgan fingerprint density at radius 2 is 1.38 bits per heavy atom. The lowest BCUT2D eigenvalue weighted by Crippen LogP contribution is -2.60. The molecular weight excluding hydrogens is 166 g/mol. The van der Waals surface area contributed by atoms with E-state index in [1.54, 1.807) is 0 Å². The Morgan fingerprint density at radius 3 is 1.62 bits per heavy atom. The van der Waals surface area contributed by atoms with Crippen LogP contribution in [-0.4, -0.2) is 44.2 Å². The molecule has 3 nitrogen and oxygen atoms in total. The molecule has 0 aromatic carbocycles. The Labute approximate surface area is 82.2 Å². The molecule has 0 aromatic heterocycles. The second-order valence-electron chi connectivity index (χ2n) is 3.77. The number of ether oxygens (including phenoxy) is 2. The lowest BCUT2D eigenvalue weighted by atomic mass is 10.3. The van der Waals surface area contributed by atoms with Gasteiger partial charge >= 0.3 is 5.91 Å². The SMILES string of the molecule is CCOC(C)(OCC)[N+](C)(C)CC. The molecule has 0 heterocycles. The molecule has 0 aromatic rings. The predicted molar refractivity (Wildman–Crippen MR) is 54.3 cm³/mol. The highest BCUT2D eigenvalue weighted by Crippen LogP contribution is 2.23. The van der Waals surface area contributed by atoms with Crippen LogP contribution in [0.4, 0.5) is 0 Å². The van der Waals surface area contributed by atoms with Crippen LogP contribution >= 0.6 is 0 Å². The summed E-state index contributed by atoms with van der Waals surface area (Å²) in [6.07, 6.45) is 0. The molecule has 0 radical (unpaired) electrons. The van der Waals surface area contributed by atoms with Crippen molar-refractivity contribution >= 4 is 0 Å². The van der Waals surface area contributed by atoms with Gasteiger partial charge in [0.1, 0.15) is 0 Å². The summed E-state index contributed by atoms with van der Waals surface area (Å²) in [6.45, 7) is 10.5. The standard InChI is InChI=1S/C10H24NO2/c1-7-11(5,6)10(4,12-8-2)13-9-3/h7-9H2,1-6H3/q+1. The minimum absolute atomic E-state index is 0.516. The van der Waals surface area contributed by atoms with Crippen molar-refractivity contribution in [3.05, 3.63) is 0 Å². The van der Waals surface area contributed by atoms with Crippen LogP contribution in [0.25, 0.3) is 0 Å². The van der Waals surface area contributed by atoms with Gasteiger partial charge in [-0.1, -0.05) is 0 Å². The second-order valence-corrected chi connectivity index (χ2v) is 3.77. The third-order valence-electron chi connectivity index (χ3n) is 2.71. The van der Waals surface area contributed by atoms with Gasteiger partial charge in [-0.3, -0.25) is 4.48 Å². The van der Waals surface area contributed by atoms with Gasteiger partial charge in [0.25, 0.3) is 0 Å². The Bertz CT molecular complexity index is 140. The molecule has 0 saturated carbocycles. The van der Waals surface area contributed by atoms with Gasteiger partial charge in [-0.25, -0.2) is 0 Å². The van der Waals surface area contributed by atoms with E-state index in [9.17, 15) is 0 Å². The van der Waals surface area contributed by atoms with E-state index in [1.807, 2.05) is 20.8 Å². The van der Waals surface area contributed by atoms with Crippen molar-refractivity contribution in [1.29, 1.82) is 0 Å². The fraction of sp³-hybridized carbons (Fsp3) is 1.00. The van der Waals surface area contributed by atoms with Gasteiger partial charge in [0.15, 0.2) is 0 Å². The van der Waals surface area contributed by atoms with Gasteiger partial charge in [-0.05, 0) is 20.8 Å². The maximum absolute atomic E-state index is 5.68. The van der Waals surface area contributed by atoms with Gasteiger partial charge in [-0.2, -0.15) is 0 Å². The van der Waals surface area contributed by atoms with Crippen LogP contribution in [0, 0.1) is 0 Å². The molecule has 0 aliphatic rings. The van der Waals surface area contributed by atoms with Crippen LogP contribution in [0.15, 0.2) is 0 Å². The summed E-state index contributed by atoms with van der Waals surface area (Å²) in [5, 5.41) is 0. The summed E-state index contributed by atoms with van der Waals surface area (Å²) in [6, 6.07) is 0. The fourth-order valence-corrected chi connectivity index (χ4v) is 1.21. The Hall–Kier alpha value is -0.120. The van der Waals surface area contributed by atoms with Crippen molar-refractivity contribution in [3.63, 3.8) is 0 Å². The normalized spacial score (nSPS) is 13.4. The molecule has 0 amide bonds. The predicted octanol–water partition coefficient (Wildman–Crippen LogP) is 1.83. The highest BCUT2D eigenvalue weighted by atomic mass is 16.7. The fourth-order valence-electron chi connectivity index (χ4n) is 1.21. The summed E-state index contributed by atoms with van der Waals surface area (Å²) in [4.78, 5) is 0. The molecule has 0 saturated heterocycles. The molecular formula is C10H24NO2+. The Balaban J connectivity index is 4.55. The zero-order valence-electron chi connectivity index (χ0n) is 9.89. The van der Waals surface area contributed by atoms with Crippen molar-refractivity contribution in [3.8, 4) is 0 Å². The zero-order valence-corrected chi connectivity index (χ0v) is 9.89. The third kappa shape index (κ3) is 2.93. The number of hydrogen-bond donors (Lipinski definition) is 0. The van der Waals surface area contributed by atoms with E-state index in [2.05, 4.69) is 21.0 Å². The average molecular weight is 190 g/mol. The maximum atomic E-state index is 5.68. The topological polar surface area (TPSA) is 18.5 Å². The molecule has 0 fully saturated rings. The number of rotatable bonds is 6. The van der Waals surface area contributed by atoms with Crippen LogP contribution in [0.1, 0.15) is 27.7 Å². The lowest BCUT2D eigenvalue weighted by Gasteiger charge is -2.43. The van der Waals surface area contributed by atoms with E-state index in [0.717, 1.165) is 6.54 Å². The van der Waals surface area contributed by atoms with E-state index in [1.165, 1.54) is 0 Å². The van der Waals surface area contributed by atoms with Crippen LogP contribution < -0.4 is 0 Å². The van der Waals surface area contributed by atoms with Gasteiger partial charge < -0.3 is 9.47 Å².